The topological polar surface area (TPSA) is 32.3 Å². The summed E-state index contributed by atoms with van der Waals surface area (Å²) in [6, 6.07) is 0. The molecule has 1 heterocycles. The Morgan fingerprint density at radius 2 is 2.44 bits per heavy atom. The second-order valence-electron chi connectivity index (χ2n) is 4.03. The SMILES string of the molecule is CCSCCN1CCC=C(CNC(C)=O)C1. The molecule has 0 aromatic rings. The summed E-state index contributed by atoms with van der Waals surface area (Å²) >= 11 is 1.99. The normalized spacial score (nSPS) is 17.0. The van der Waals surface area contributed by atoms with E-state index in [0.29, 0.717) is 6.54 Å². The average molecular weight is 242 g/mol. The van der Waals surface area contributed by atoms with Crippen molar-refractivity contribution in [2.75, 3.05) is 37.7 Å². The summed E-state index contributed by atoms with van der Waals surface area (Å²) in [5.74, 6) is 2.46. The molecule has 0 bridgehead atoms. The number of carbonyl (C=O) groups is 1. The number of rotatable bonds is 6. The van der Waals surface area contributed by atoms with Gasteiger partial charge in [0.1, 0.15) is 0 Å². The molecule has 0 spiro atoms. The summed E-state index contributed by atoms with van der Waals surface area (Å²) in [6.45, 7) is 7.82. The summed E-state index contributed by atoms with van der Waals surface area (Å²) in [4.78, 5) is 13.3. The van der Waals surface area contributed by atoms with Crippen molar-refractivity contribution in [3.63, 3.8) is 0 Å². The Morgan fingerprint density at radius 3 is 3.12 bits per heavy atom. The lowest BCUT2D eigenvalue weighted by Gasteiger charge is -2.27. The van der Waals surface area contributed by atoms with Crippen LogP contribution in [-0.2, 0) is 4.79 Å². The van der Waals surface area contributed by atoms with Crippen molar-refractivity contribution in [3.8, 4) is 0 Å². The van der Waals surface area contributed by atoms with E-state index in [1.54, 1.807) is 6.92 Å². The fourth-order valence-electron chi connectivity index (χ4n) is 1.78. The molecule has 1 rings (SSSR count). The van der Waals surface area contributed by atoms with Crippen LogP contribution in [0.4, 0.5) is 0 Å². The lowest BCUT2D eigenvalue weighted by molar-refractivity contribution is -0.118. The van der Waals surface area contributed by atoms with Gasteiger partial charge in [-0.05, 0) is 17.7 Å². The molecule has 0 saturated heterocycles. The third-order valence-corrected chi connectivity index (χ3v) is 3.50. The quantitative estimate of drug-likeness (QED) is 0.566. The van der Waals surface area contributed by atoms with Gasteiger partial charge in [-0.1, -0.05) is 13.0 Å². The summed E-state index contributed by atoms with van der Waals surface area (Å²) in [6.07, 6.45) is 3.38. The van der Waals surface area contributed by atoms with Crippen LogP contribution in [0.2, 0.25) is 0 Å². The van der Waals surface area contributed by atoms with Gasteiger partial charge in [0.2, 0.25) is 5.91 Å². The van der Waals surface area contributed by atoms with Crippen molar-refractivity contribution in [2.45, 2.75) is 20.3 Å². The van der Waals surface area contributed by atoms with Gasteiger partial charge in [-0.2, -0.15) is 11.8 Å². The zero-order valence-electron chi connectivity index (χ0n) is 10.3. The van der Waals surface area contributed by atoms with Gasteiger partial charge in [0.15, 0.2) is 0 Å². The fraction of sp³-hybridized carbons (Fsp3) is 0.750. The smallest absolute Gasteiger partial charge is 0.217 e. The molecule has 0 aromatic heterocycles. The van der Waals surface area contributed by atoms with E-state index >= 15 is 0 Å². The van der Waals surface area contributed by atoms with Crippen LogP contribution in [0.25, 0.3) is 0 Å². The Morgan fingerprint density at radius 1 is 1.62 bits per heavy atom. The number of hydrogen-bond donors (Lipinski definition) is 1. The number of hydrogen-bond acceptors (Lipinski definition) is 3. The lowest BCUT2D eigenvalue weighted by atomic mass is 10.1. The van der Waals surface area contributed by atoms with Crippen LogP contribution in [0, 0.1) is 0 Å². The van der Waals surface area contributed by atoms with Gasteiger partial charge in [0.25, 0.3) is 0 Å². The second-order valence-corrected chi connectivity index (χ2v) is 5.43. The van der Waals surface area contributed by atoms with Gasteiger partial charge >= 0.3 is 0 Å². The molecule has 1 N–H and O–H groups in total. The first-order chi connectivity index (χ1) is 7.72. The minimum Gasteiger partial charge on any atom is -0.353 e. The van der Waals surface area contributed by atoms with E-state index in [1.165, 1.54) is 17.1 Å². The monoisotopic (exact) mass is 242 g/mol. The summed E-state index contributed by atoms with van der Waals surface area (Å²) in [5, 5.41) is 2.86. The van der Waals surface area contributed by atoms with Crippen LogP contribution in [0.15, 0.2) is 11.6 Å². The van der Waals surface area contributed by atoms with Crippen molar-refractivity contribution in [1.29, 1.82) is 0 Å². The van der Waals surface area contributed by atoms with Crippen molar-refractivity contribution >= 4 is 17.7 Å². The fourth-order valence-corrected chi connectivity index (χ4v) is 2.45. The Balaban J connectivity index is 2.23. The molecule has 0 aromatic carbocycles. The van der Waals surface area contributed by atoms with Crippen LogP contribution in [0.5, 0.6) is 0 Å². The largest absolute Gasteiger partial charge is 0.353 e. The Bertz CT molecular complexity index is 253. The van der Waals surface area contributed by atoms with Gasteiger partial charge in [0, 0.05) is 38.9 Å². The van der Waals surface area contributed by atoms with Gasteiger partial charge < -0.3 is 5.32 Å². The Kier molecular flexibility index (Phi) is 6.57. The van der Waals surface area contributed by atoms with E-state index in [9.17, 15) is 4.79 Å². The molecule has 1 amide bonds. The number of nitrogens with zero attached hydrogens (tertiary/aromatic N) is 1. The second kappa shape index (κ2) is 7.74. The number of amides is 1. The molecule has 1 aliphatic heterocycles. The molecule has 92 valence electrons. The van der Waals surface area contributed by atoms with Crippen LogP contribution < -0.4 is 5.32 Å². The number of nitrogens with one attached hydrogen (secondary N) is 1. The van der Waals surface area contributed by atoms with Crippen molar-refractivity contribution in [2.24, 2.45) is 0 Å². The highest BCUT2D eigenvalue weighted by molar-refractivity contribution is 7.99. The molecule has 0 aliphatic carbocycles. The van der Waals surface area contributed by atoms with Crippen molar-refractivity contribution in [3.05, 3.63) is 11.6 Å². The summed E-state index contributed by atoms with van der Waals surface area (Å²) in [7, 11) is 0. The zero-order chi connectivity index (χ0) is 11.8. The van der Waals surface area contributed by atoms with Gasteiger partial charge in [-0.15, -0.1) is 0 Å². The standard InChI is InChI=1S/C12H22N2OS/c1-3-16-8-7-14-6-4-5-12(10-14)9-13-11(2)15/h5H,3-4,6-10H2,1-2H3,(H,13,15). The van der Waals surface area contributed by atoms with Gasteiger partial charge in [0.05, 0.1) is 0 Å². The molecular weight excluding hydrogens is 220 g/mol. The highest BCUT2D eigenvalue weighted by Gasteiger charge is 2.11. The predicted octanol–water partition coefficient (Wildman–Crippen LogP) is 1.51. The molecule has 0 unspecified atom stereocenters. The number of carbonyl (C=O) groups excluding carboxylic acids is 1. The predicted molar refractivity (Wildman–Crippen MR) is 70.8 cm³/mol. The molecule has 3 nitrogen and oxygen atoms in total. The van der Waals surface area contributed by atoms with E-state index in [-0.39, 0.29) is 5.91 Å². The summed E-state index contributed by atoms with van der Waals surface area (Å²) < 4.78 is 0. The van der Waals surface area contributed by atoms with E-state index in [4.69, 9.17) is 0 Å². The third-order valence-electron chi connectivity index (χ3n) is 2.63. The van der Waals surface area contributed by atoms with Crippen molar-refractivity contribution < 1.29 is 4.79 Å². The molecule has 0 atom stereocenters. The highest BCUT2D eigenvalue weighted by atomic mass is 32.2. The third kappa shape index (κ3) is 5.56. The molecular formula is C12H22N2OS. The maximum Gasteiger partial charge on any atom is 0.217 e. The number of thioether (sulfide) groups is 1. The van der Waals surface area contributed by atoms with Crippen LogP contribution in [0.1, 0.15) is 20.3 Å². The first-order valence-electron chi connectivity index (χ1n) is 5.94. The first kappa shape index (κ1) is 13.6. The van der Waals surface area contributed by atoms with Gasteiger partial charge in [-0.25, -0.2) is 0 Å². The minimum atomic E-state index is 0.0552. The van der Waals surface area contributed by atoms with Crippen molar-refractivity contribution in [1.82, 2.24) is 10.2 Å². The lowest BCUT2D eigenvalue weighted by Crippen LogP contribution is -2.35. The van der Waals surface area contributed by atoms with E-state index in [2.05, 4.69) is 23.2 Å². The molecule has 1 aliphatic rings. The Hall–Kier alpha value is -0.480. The van der Waals surface area contributed by atoms with E-state index in [1.807, 2.05) is 11.8 Å². The maximum absolute atomic E-state index is 10.8. The molecule has 0 radical (unpaired) electrons. The van der Waals surface area contributed by atoms with Crippen LogP contribution in [-0.4, -0.2) is 48.5 Å². The van der Waals surface area contributed by atoms with Crippen LogP contribution >= 0.6 is 11.8 Å². The van der Waals surface area contributed by atoms with Crippen LogP contribution in [0.3, 0.4) is 0 Å². The molecule has 0 fully saturated rings. The maximum atomic E-state index is 10.8. The molecule has 4 heteroatoms. The molecule has 0 saturated carbocycles. The highest BCUT2D eigenvalue weighted by Crippen LogP contribution is 2.10. The van der Waals surface area contributed by atoms with Gasteiger partial charge in [-0.3, -0.25) is 9.69 Å². The minimum absolute atomic E-state index is 0.0552. The Labute approximate surface area is 103 Å². The first-order valence-corrected chi connectivity index (χ1v) is 7.10. The van der Waals surface area contributed by atoms with E-state index < -0.39 is 0 Å². The zero-order valence-corrected chi connectivity index (χ0v) is 11.1. The summed E-state index contributed by atoms with van der Waals surface area (Å²) in [5.41, 5.74) is 1.35. The van der Waals surface area contributed by atoms with E-state index in [0.717, 1.165) is 26.1 Å². The molecule has 16 heavy (non-hydrogen) atoms. The average Bonchev–Trinajstić information content (AvgIpc) is 2.27.